The quantitative estimate of drug-likeness (QED) is 0.173. The van der Waals surface area contributed by atoms with E-state index in [4.69, 9.17) is 0 Å². The molecule has 3 heteroatoms. The van der Waals surface area contributed by atoms with Crippen LogP contribution in [0.15, 0.2) is 122 Å². The molecule has 4 aromatic carbocycles. The van der Waals surface area contributed by atoms with Crippen molar-refractivity contribution in [2.75, 3.05) is 0 Å². The maximum Gasteiger partial charge on any atom is 0.0160 e. The number of pyridine rings is 2. The third kappa shape index (κ3) is 4.72. The van der Waals surface area contributed by atoms with Crippen molar-refractivity contribution in [1.29, 1.82) is 0 Å². The normalized spacial score (nSPS) is 12.5. The Labute approximate surface area is 237 Å². The number of hydrogen-bond acceptors (Lipinski definition) is 2. The molecule has 0 atom stereocenters. The number of aromatic nitrogens is 2. The maximum absolute atomic E-state index is 4.49. The summed E-state index contributed by atoms with van der Waals surface area (Å²) in [5.41, 5.74) is 9.42. The van der Waals surface area contributed by atoms with E-state index < -0.39 is 0 Å². The van der Waals surface area contributed by atoms with Crippen molar-refractivity contribution in [2.45, 2.75) is 19.3 Å². The molecule has 0 spiro atoms. The molecular formula is C35H26IrN2-2. The van der Waals surface area contributed by atoms with Crippen LogP contribution in [0.25, 0.3) is 44.4 Å². The van der Waals surface area contributed by atoms with Crippen molar-refractivity contribution in [3.8, 4) is 33.6 Å². The van der Waals surface area contributed by atoms with Gasteiger partial charge in [0.05, 0.1) is 0 Å². The molecule has 0 unspecified atom stereocenters. The van der Waals surface area contributed by atoms with Crippen LogP contribution in [0.1, 0.15) is 25.0 Å². The third-order valence-electron chi connectivity index (χ3n) is 7.06. The van der Waals surface area contributed by atoms with Crippen molar-refractivity contribution in [2.24, 2.45) is 0 Å². The van der Waals surface area contributed by atoms with Gasteiger partial charge in [0.15, 0.2) is 0 Å². The molecule has 2 aromatic heterocycles. The molecule has 7 rings (SSSR count). The first-order chi connectivity index (χ1) is 18.1. The fourth-order valence-corrected chi connectivity index (χ4v) is 5.28. The Kier molecular flexibility index (Phi) is 7.33. The zero-order valence-corrected chi connectivity index (χ0v) is 23.7. The molecule has 0 fully saturated rings. The van der Waals surface area contributed by atoms with Gasteiger partial charge < -0.3 is 9.97 Å². The Morgan fingerprint density at radius 1 is 0.632 bits per heavy atom. The predicted octanol–water partition coefficient (Wildman–Crippen LogP) is 8.55. The molecule has 2 heterocycles. The fourth-order valence-electron chi connectivity index (χ4n) is 5.28. The Balaban J connectivity index is 0.000000191. The van der Waals surface area contributed by atoms with Gasteiger partial charge in [-0.3, -0.25) is 0 Å². The van der Waals surface area contributed by atoms with E-state index in [0.717, 1.165) is 22.5 Å². The molecule has 1 aliphatic carbocycles. The second-order valence-electron chi connectivity index (χ2n) is 9.71. The number of rotatable bonds is 2. The molecule has 0 N–H and O–H groups in total. The van der Waals surface area contributed by atoms with E-state index in [1.54, 1.807) is 6.20 Å². The first-order valence-electron chi connectivity index (χ1n) is 12.5. The molecule has 187 valence electrons. The van der Waals surface area contributed by atoms with Gasteiger partial charge in [0.1, 0.15) is 0 Å². The summed E-state index contributed by atoms with van der Waals surface area (Å²) < 4.78 is 0. The van der Waals surface area contributed by atoms with Crippen LogP contribution < -0.4 is 0 Å². The Morgan fingerprint density at radius 3 is 2.00 bits per heavy atom. The Hall–Kier alpha value is -3.91. The number of fused-ring (bicyclic) bond motifs is 5. The largest absolute Gasteiger partial charge is 0.305 e. The van der Waals surface area contributed by atoms with E-state index in [0.29, 0.717) is 0 Å². The van der Waals surface area contributed by atoms with E-state index in [1.165, 1.54) is 33.0 Å². The Morgan fingerprint density at radius 2 is 1.32 bits per heavy atom. The van der Waals surface area contributed by atoms with Gasteiger partial charge in [-0.05, 0) is 45.3 Å². The molecule has 2 nitrogen and oxygen atoms in total. The molecule has 6 aromatic rings. The van der Waals surface area contributed by atoms with Gasteiger partial charge in [-0.1, -0.05) is 85.6 Å². The second kappa shape index (κ2) is 10.8. The van der Waals surface area contributed by atoms with Crippen molar-refractivity contribution >= 4 is 10.8 Å². The van der Waals surface area contributed by atoms with Crippen LogP contribution >= 0.6 is 0 Å². The van der Waals surface area contributed by atoms with Gasteiger partial charge in [0.25, 0.3) is 0 Å². The number of hydrogen-bond donors (Lipinski definition) is 0. The molecule has 1 aliphatic rings. The van der Waals surface area contributed by atoms with Crippen LogP contribution in [-0.2, 0) is 25.5 Å². The zero-order chi connectivity index (χ0) is 25.2. The summed E-state index contributed by atoms with van der Waals surface area (Å²) in [4.78, 5) is 8.71. The van der Waals surface area contributed by atoms with Gasteiger partial charge in [-0.2, -0.15) is 0 Å². The number of benzene rings is 4. The van der Waals surface area contributed by atoms with Crippen LogP contribution in [0.3, 0.4) is 0 Å². The monoisotopic (exact) mass is 667 g/mol. The molecule has 0 aliphatic heterocycles. The first kappa shape index (κ1) is 25.7. The molecule has 0 amide bonds. The molecule has 38 heavy (non-hydrogen) atoms. The van der Waals surface area contributed by atoms with Crippen molar-refractivity contribution in [1.82, 2.24) is 9.97 Å². The SMILES string of the molecule is CC1(C)c2cc(-c3ccccn3)[c-]cc2-c2ccc3ccccc3c21.[Ir].[c-]1ccccc1-c1ccccn1. The minimum atomic E-state index is -0.0375. The minimum absolute atomic E-state index is 0. The topological polar surface area (TPSA) is 25.8 Å². The van der Waals surface area contributed by atoms with Crippen LogP contribution in [0.2, 0.25) is 0 Å². The van der Waals surface area contributed by atoms with E-state index in [-0.39, 0.29) is 25.5 Å². The van der Waals surface area contributed by atoms with Gasteiger partial charge in [0, 0.05) is 32.5 Å². The molecule has 0 saturated carbocycles. The maximum atomic E-state index is 4.49. The molecular weight excluding hydrogens is 641 g/mol. The van der Waals surface area contributed by atoms with Gasteiger partial charge >= 0.3 is 0 Å². The summed E-state index contributed by atoms with van der Waals surface area (Å²) in [5.74, 6) is 0. The summed E-state index contributed by atoms with van der Waals surface area (Å²) in [6.45, 7) is 4.65. The van der Waals surface area contributed by atoms with Gasteiger partial charge in [-0.25, -0.2) is 0 Å². The van der Waals surface area contributed by atoms with Crippen molar-refractivity contribution in [3.63, 3.8) is 0 Å². The van der Waals surface area contributed by atoms with Crippen LogP contribution in [0.5, 0.6) is 0 Å². The van der Waals surface area contributed by atoms with Crippen LogP contribution in [0, 0.1) is 12.1 Å². The minimum Gasteiger partial charge on any atom is -0.305 e. The third-order valence-corrected chi connectivity index (χ3v) is 7.06. The number of nitrogens with zero attached hydrogens (tertiary/aromatic N) is 2. The summed E-state index contributed by atoms with van der Waals surface area (Å²) in [5, 5.41) is 2.65. The van der Waals surface area contributed by atoms with Gasteiger partial charge in [-0.15, -0.1) is 65.2 Å². The smallest absolute Gasteiger partial charge is 0.0160 e. The predicted molar refractivity (Wildman–Crippen MR) is 152 cm³/mol. The van der Waals surface area contributed by atoms with Crippen molar-refractivity contribution < 1.29 is 20.1 Å². The van der Waals surface area contributed by atoms with Crippen molar-refractivity contribution in [3.05, 3.63) is 145 Å². The zero-order valence-electron chi connectivity index (χ0n) is 21.3. The summed E-state index contributed by atoms with van der Waals surface area (Å²) in [6.07, 6.45) is 3.62. The van der Waals surface area contributed by atoms with E-state index in [1.807, 2.05) is 66.9 Å². The molecule has 0 bridgehead atoms. The molecule has 0 saturated heterocycles. The summed E-state index contributed by atoms with van der Waals surface area (Å²) >= 11 is 0. The van der Waals surface area contributed by atoms with Gasteiger partial charge in [0.2, 0.25) is 0 Å². The molecule has 1 radical (unpaired) electrons. The Bertz CT molecular complexity index is 1640. The van der Waals surface area contributed by atoms with E-state index in [9.17, 15) is 0 Å². The average molecular weight is 667 g/mol. The van der Waals surface area contributed by atoms with E-state index >= 15 is 0 Å². The average Bonchev–Trinajstić information content (AvgIpc) is 3.21. The summed E-state index contributed by atoms with van der Waals surface area (Å²) in [6, 6.07) is 43.9. The second-order valence-corrected chi connectivity index (χ2v) is 9.71. The van der Waals surface area contributed by atoms with E-state index in [2.05, 4.69) is 84.5 Å². The first-order valence-corrected chi connectivity index (χ1v) is 12.5. The van der Waals surface area contributed by atoms with Crippen LogP contribution in [-0.4, -0.2) is 9.97 Å². The summed E-state index contributed by atoms with van der Waals surface area (Å²) in [7, 11) is 0. The standard InChI is InChI=1S/C24H18N.C11H8N.Ir/c1-24(2)21-15-17(22-9-5-6-14-25-22)11-12-19(21)20-13-10-16-7-3-4-8-18(16)23(20)24;1-2-6-10(7-3-1)11-8-4-5-9-12-11;/h3-10,12-15H,1-2H3;1-6,8-9H;/q2*-1;. The van der Waals surface area contributed by atoms with Crippen LogP contribution in [0.4, 0.5) is 0 Å². The fraction of sp³-hybridized carbons (Fsp3) is 0.0857.